The molecule has 11 nitrogen and oxygen atoms in total. The van der Waals surface area contributed by atoms with Gasteiger partial charge in [0.05, 0.1) is 33.6 Å². The highest BCUT2D eigenvalue weighted by atomic mass is 35.5. The number of carbonyl (C=O) groups is 2. The summed E-state index contributed by atoms with van der Waals surface area (Å²) in [5, 5.41) is 22.3. The number of nitrogens with zero attached hydrogens (tertiary/aromatic N) is 3. The van der Waals surface area contributed by atoms with E-state index in [0.717, 1.165) is 34.9 Å². The first-order valence-electron chi connectivity index (χ1n) is 10.00. The Morgan fingerprint density at radius 1 is 0.944 bits per heavy atom. The summed E-state index contributed by atoms with van der Waals surface area (Å²) in [5.74, 6) is -0.525. The topological polar surface area (TPSA) is 142 Å². The summed E-state index contributed by atoms with van der Waals surface area (Å²) in [7, 11) is 1.36. The molecule has 182 valence electrons. The summed E-state index contributed by atoms with van der Waals surface area (Å²) in [4.78, 5) is 47.5. The highest BCUT2D eigenvalue weighted by Crippen LogP contribution is 2.40. The summed E-state index contributed by atoms with van der Waals surface area (Å²) < 4.78 is 10.9. The van der Waals surface area contributed by atoms with Crippen LogP contribution in [0.4, 0.5) is 21.9 Å². The first-order chi connectivity index (χ1) is 17.2. The van der Waals surface area contributed by atoms with E-state index >= 15 is 0 Å². The van der Waals surface area contributed by atoms with Crippen LogP contribution >= 0.6 is 23.4 Å². The number of anilines is 1. The molecule has 0 spiro atoms. The number of nitro groups is 2. The van der Waals surface area contributed by atoms with Crippen LogP contribution < -0.4 is 14.4 Å². The van der Waals surface area contributed by atoms with Gasteiger partial charge in [-0.3, -0.25) is 29.8 Å². The lowest BCUT2D eigenvalue weighted by molar-refractivity contribution is -0.394. The fourth-order valence-electron chi connectivity index (χ4n) is 3.29. The van der Waals surface area contributed by atoms with Crippen molar-refractivity contribution >= 4 is 57.6 Å². The molecule has 0 aliphatic carbocycles. The van der Waals surface area contributed by atoms with E-state index in [-0.39, 0.29) is 22.2 Å². The second-order valence-corrected chi connectivity index (χ2v) is 8.61. The quantitative estimate of drug-likeness (QED) is 0.199. The average Bonchev–Trinajstić information content (AvgIpc) is 3.11. The van der Waals surface area contributed by atoms with E-state index in [2.05, 4.69) is 0 Å². The van der Waals surface area contributed by atoms with Gasteiger partial charge in [0.2, 0.25) is 5.75 Å². The van der Waals surface area contributed by atoms with E-state index in [9.17, 15) is 29.8 Å². The zero-order valence-corrected chi connectivity index (χ0v) is 19.8. The average molecular weight is 528 g/mol. The number of ether oxygens (including phenoxy) is 2. The second kappa shape index (κ2) is 10.1. The molecule has 2 amide bonds. The number of carbonyl (C=O) groups excluding carboxylic acids is 2. The van der Waals surface area contributed by atoms with E-state index in [1.165, 1.54) is 31.4 Å². The Bertz CT molecular complexity index is 1460. The van der Waals surface area contributed by atoms with E-state index in [0.29, 0.717) is 16.3 Å². The minimum absolute atomic E-state index is 0.0530. The van der Waals surface area contributed by atoms with E-state index in [4.69, 9.17) is 21.1 Å². The number of thioether (sulfide) groups is 1. The van der Waals surface area contributed by atoms with E-state index < -0.39 is 32.4 Å². The number of hydrogen-bond acceptors (Lipinski definition) is 9. The molecular weight excluding hydrogens is 514 g/mol. The Kier molecular flexibility index (Phi) is 6.90. The van der Waals surface area contributed by atoms with Gasteiger partial charge in [0.1, 0.15) is 0 Å². The maximum atomic E-state index is 12.9. The molecule has 1 aliphatic rings. The first-order valence-corrected chi connectivity index (χ1v) is 11.2. The van der Waals surface area contributed by atoms with Gasteiger partial charge in [0.15, 0.2) is 11.5 Å². The zero-order chi connectivity index (χ0) is 26.0. The molecule has 0 saturated carbocycles. The number of benzene rings is 3. The molecule has 1 aliphatic heterocycles. The lowest BCUT2D eigenvalue weighted by Gasteiger charge is -2.12. The third kappa shape index (κ3) is 4.99. The third-order valence-corrected chi connectivity index (χ3v) is 6.02. The monoisotopic (exact) mass is 527 g/mol. The predicted molar refractivity (Wildman–Crippen MR) is 133 cm³/mol. The molecular formula is C23H14ClN3O8S. The number of methoxy groups -OCH3 is 1. The van der Waals surface area contributed by atoms with Crippen molar-refractivity contribution in [3.05, 3.63) is 96.4 Å². The van der Waals surface area contributed by atoms with E-state index in [1.54, 1.807) is 24.3 Å². The molecule has 3 aromatic rings. The zero-order valence-electron chi connectivity index (χ0n) is 18.2. The molecule has 0 bridgehead atoms. The van der Waals surface area contributed by atoms with Crippen molar-refractivity contribution in [3.8, 4) is 17.2 Å². The molecule has 1 heterocycles. The van der Waals surface area contributed by atoms with Crippen LogP contribution in [0.15, 0.2) is 65.6 Å². The lowest BCUT2D eigenvalue weighted by atomic mass is 10.1. The van der Waals surface area contributed by atoms with Crippen molar-refractivity contribution in [2.75, 3.05) is 12.0 Å². The van der Waals surface area contributed by atoms with Crippen molar-refractivity contribution in [2.45, 2.75) is 0 Å². The minimum Gasteiger partial charge on any atom is -0.493 e. The van der Waals surface area contributed by atoms with Gasteiger partial charge in [-0.2, -0.15) is 0 Å². The van der Waals surface area contributed by atoms with Crippen LogP contribution in [0.3, 0.4) is 0 Å². The Morgan fingerprint density at radius 2 is 1.69 bits per heavy atom. The number of rotatable bonds is 7. The highest BCUT2D eigenvalue weighted by molar-refractivity contribution is 8.19. The number of hydrogen-bond donors (Lipinski definition) is 0. The van der Waals surface area contributed by atoms with Crippen LogP contribution in [0, 0.1) is 20.2 Å². The fourth-order valence-corrected chi connectivity index (χ4v) is 4.31. The number of non-ortho nitro benzene ring substituents is 1. The van der Waals surface area contributed by atoms with Crippen molar-refractivity contribution < 1.29 is 28.9 Å². The van der Waals surface area contributed by atoms with Gasteiger partial charge >= 0.3 is 5.69 Å². The molecule has 0 radical (unpaired) electrons. The van der Waals surface area contributed by atoms with Crippen LogP contribution in [0.1, 0.15) is 5.56 Å². The first kappa shape index (κ1) is 24.7. The highest BCUT2D eigenvalue weighted by Gasteiger charge is 2.36. The molecule has 3 aromatic carbocycles. The second-order valence-electron chi connectivity index (χ2n) is 7.18. The van der Waals surface area contributed by atoms with Gasteiger partial charge in [-0.25, -0.2) is 4.90 Å². The van der Waals surface area contributed by atoms with Crippen molar-refractivity contribution in [3.63, 3.8) is 0 Å². The minimum atomic E-state index is -0.801. The molecule has 13 heteroatoms. The summed E-state index contributed by atoms with van der Waals surface area (Å²) in [6.45, 7) is 0. The molecule has 0 atom stereocenters. The standard InChI is InChI=1S/C23H14ClN3O8S/c1-34-19-7-5-13(9-20(19)35-18-8-6-16(26(30)31)12-17(18)27(32)33)10-21-22(28)25(23(29)36-21)15-4-2-3-14(24)11-15/h2-12H,1H3/b21-10-. The Labute approximate surface area is 212 Å². The lowest BCUT2D eigenvalue weighted by Crippen LogP contribution is -2.27. The molecule has 4 rings (SSSR count). The summed E-state index contributed by atoms with van der Waals surface area (Å²) >= 11 is 6.72. The van der Waals surface area contributed by atoms with Crippen molar-refractivity contribution in [1.29, 1.82) is 0 Å². The SMILES string of the molecule is COc1ccc(/C=C2\SC(=O)N(c3cccc(Cl)c3)C2=O)cc1Oc1ccc([N+](=O)[O-])cc1[N+](=O)[O-]. The molecule has 0 N–H and O–H groups in total. The molecule has 1 fully saturated rings. The molecule has 0 unspecified atom stereocenters. The molecule has 36 heavy (non-hydrogen) atoms. The maximum absolute atomic E-state index is 12.9. The number of imide groups is 1. The van der Waals surface area contributed by atoms with Crippen LogP contribution in [0.5, 0.6) is 17.2 Å². The fraction of sp³-hybridized carbons (Fsp3) is 0.0435. The van der Waals surface area contributed by atoms with Gasteiger partial charge in [-0.05, 0) is 59.8 Å². The molecule has 1 saturated heterocycles. The van der Waals surface area contributed by atoms with Gasteiger partial charge in [-0.15, -0.1) is 0 Å². The summed E-state index contributed by atoms with van der Waals surface area (Å²) in [6, 6.07) is 13.9. The Hall–Kier alpha value is -4.42. The number of halogens is 1. The van der Waals surface area contributed by atoms with Crippen LogP contribution in [-0.4, -0.2) is 28.1 Å². The maximum Gasteiger partial charge on any atom is 0.318 e. The van der Waals surface area contributed by atoms with Crippen LogP contribution in [0.25, 0.3) is 6.08 Å². The van der Waals surface area contributed by atoms with Crippen molar-refractivity contribution in [2.24, 2.45) is 0 Å². The normalized spacial score (nSPS) is 14.3. The van der Waals surface area contributed by atoms with Crippen LogP contribution in [0.2, 0.25) is 5.02 Å². The van der Waals surface area contributed by atoms with Gasteiger partial charge < -0.3 is 9.47 Å². The van der Waals surface area contributed by atoms with Crippen molar-refractivity contribution in [1.82, 2.24) is 0 Å². The number of amides is 2. The summed E-state index contributed by atoms with van der Waals surface area (Å²) in [5.41, 5.74) is -0.311. The van der Waals surface area contributed by atoms with E-state index in [1.807, 2.05) is 0 Å². The number of nitro benzene ring substituents is 2. The predicted octanol–water partition coefficient (Wildman–Crippen LogP) is 6.20. The Morgan fingerprint density at radius 3 is 2.36 bits per heavy atom. The summed E-state index contributed by atoms with van der Waals surface area (Å²) in [6.07, 6.45) is 1.46. The smallest absolute Gasteiger partial charge is 0.318 e. The van der Waals surface area contributed by atoms with Crippen LogP contribution in [-0.2, 0) is 4.79 Å². The van der Waals surface area contributed by atoms with Gasteiger partial charge in [0.25, 0.3) is 16.8 Å². The Balaban J connectivity index is 1.67. The largest absolute Gasteiger partial charge is 0.493 e. The van der Waals surface area contributed by atoms with Gasteiger partial charge in [0, 0.05) is 11.1 Å². The third-order valence-electron chi connectivity index (χ3n) is 4.92. The molecule has 0 aromatic heterocycles. The van der Waals surface area contributed by atoms with Gasteiger partial charge in [-0.1, -0.05) is 23.7 Å².